The summed E-state index contributed by atoms with van der Waals surface area (Å²) in [4.78, 5) is 40.9. The van der Waals surface area contributed by atoms with Crippen LogP contribution in [0.1, 0.15) is 43.6 Å². The van der Waals surface area contributed by atoms with E-state index in [1.165, 1.54) is 24.9 Å². The fourth-order valence-corrected chi connectivity index (χ4v) is 4.15. The zero-order valence-electron chi connectivity index (χ0n) is 20.7. The molecule has 0 saturated carbocycles. The lowest BCUT2D eigenvalue weighted by Gasteiger charge is -2.31. The molecule has 7 nitrogen and oxygen atoms in total. The van der Waals surface area contributed by atoms with Gasteiger partial charge in [-0.05, 0) is 61.3 Å². The first-order valence-electron chi connectivity index (χ1n) is 11.2. The van der Waals surface area contributed by atoms with E-state index >= 15 is 0 Å². The van der Waals surface area contributed by atoms with Crippen LogP contribution in [0.25, 0.3) is 0 Å². The number of halogens is 3. The Morgan fingerprint density at radius 1 is 1.03 bits per heavy atom. The van der Waals surface area contributed by atoms with E-state index in [0.717, 1.165) is 21.3 Å². The summed E-state index contributed by atoms with van der Waals surface area (Å²) in [6, 6.07) is 11.6. The van der Waals surface area contributed by atoms with Gasteiger partial charge in [-0.3, -0.25) is 13.9 Å². The number of aromatic nitrogens is 2. The fraction of sp³-hybridized carbons (Fsp3) is 0.346. The minimum Gasteiger partial charge on any atom is -0.444 e. The van der Waals surface area contributed by atoms with Crippen molar-refractivity contribution < 1.29 is 18.3 Å². The molecule has 0 saturated heterocycles. The van der Waals surface area contributed by atoms with Gasteiger partial charge in [-0.1, -0.05) is 36.4 Å². The van der Waals surface area contributed by atoms with E-state index in [9.17, 15) is 23.2 Å². The molecule has 0 aliphatic carbocycles. The van der Waals surface area contributed by atoms with Crippen LogP contribution in [0.5, 0.6) is 0 Å². The molecule has 2 aromatic carbocycles. The Morgan fingerprint density at radius 3 is 2.17 bits per heavy atom. The van der Waals surface area contributed by atoms with Crippen molar-refractivity contribution in [2.24, 2.45) is 0 Å². The summed E-state index contributed by atoms with van der Waals surface area (Å²) in [5.74, 6) is -1.61. The maximum Gasteiger partial charge on any atom is 0.410 e. The van der Waals surface area contributed by atoms with Gasteiger partial charge in [0.1, 0.15) is 21.7 Å². The van der Waals surface area contributed by atoms with E-state index in [-0.39, 0.29) is 22.3 Å². The molecule has 0 aliphatic rings. The van der Waals surface area contributed by atoms with Crippen molar-refractivity contribution in [1.29, 1.82) is 0 Å². The van der Waals surface area contributed by atoms with Gasteiger partial charge >= 0.3 is 11.8 Å². The first-order valence-corrected chi connectivity index (χ1v) is 12.0. The van der Waals surface area contributed by atoms with Crippen LogP contribution >= 0.6 is 15.9 Å². The summed E-state index contributed by atoms with van der Waals surface area (Å²) in [6.45, 7) is 6.09. The van der Waals surface area contributed by atoms with Gasteiger partial charge < -0.3 is 9.64 Å². The first-order chi connectivity index (χ1) is 16.8. The standard InChI is InChI=1S/C26H28BrF2N3O4/c1-16-22(27)23(33)32(24(34)31(16)14-18-19(28)12-9-13-20(18)29)15-21(17-10-7-6-8-11-17)30(5)25(35)36-26(2,3)4/h6-13,21H,14-15H2,1-5H3/t21-/m0/s1. The van der Waals surface area contributed by atoms with Crippen LogP contribution in [-0.4, -0.2) is 32.8 Å². The largest absolute Gasteiger partial charge is 0.444 e. The van der Waals surface area contributed by atoms with Gasteiger partial charge in [0.2, 0.25) is 0 Å². The predicted octanol–water partition coefficient (Wildman–Crippen LogP) is 5.02. The molecule has 1 atom stereocenters. The number of carbonyl (C=O) groups excluding carboxylic acids is 1. The van der Waals surface area contributed by atoms with Crippen LogP contribution in [0, 0.1) is 18.6 Å². The molecule has 1 heterocycles. The van der Waals surface area contributed by atoms with Gasteiger partial charge in [0.25, 0.3) is 5.56 Å². The number of likely N-dealkylation sites (N-methyl/N-ethyl adjacent to an activating group) is 1. The van der Waals surface area contributed by atoms with Crippen molar-refractivity contribution in [2.45, 2.75) is 52.4 Å². The number of carbonyl (C=O) groups is 1. The molecule has 0 N–H and O–H groups in total. The molecule has 10 heteroatoms. The predicted molar refractivity (Wildman–Crippen MR) is 136 cm³/mol. The Morgan fingerprint density at radius 2 is 1.61 bits per heavy atom. The van der Waals surface area contributed by atoms with Crippen molar-refractivity contribution in [2.75, 3.05) is 7.05 Å². The molecular weight excluding hydrogens is 536 g/mol. The van der Waals surface area contributed by atoms with E-state index < -0.39 is 47.2 Å². The number of nitrogens with zero attached hydrogens (tertiary/aromatic N) is 3. The smallest absolute Gasteiger partial charge is 0.410 e. The van der Waals surface area contributed by atoms with E-state index in [4.69, 9.17) is 4.74 Å². The Kier molecular flexibility index (Phi) is 8.18. The third-order valence-corrected chi connectivity index (χ3v) is 6.60. The molecule has 1 aromatic heterocycles. The van der Waals surface area contributed by atoms with Crippen LogP contribution < -0.4 is 11.2 Å². The summed E-state index contributed by atoms with van der Waals surface area (Å²) in [5.41, 5.74) is -1.55. The summed E-state index contributed by atoms with van der Waals surface area (Å²) in [5, 5.41) is 0. The van der Waals surface area contributed by atoms with Gasteiger partial charge in [0.05, 0.1) is 19.1 Å². The quantitative estimate of drug-likeness (QED) is 0.422. The minimum atomic E-state index is -0.804. The van der Waals surface area contributed by atoms with Crippen LogP contribution in [0.2, 0.25) is 0 Å². The third kappa shape index (κ3) is 5.92. The van der Waals surface area contributed by atoms with E-state index in [0.29, 0.717) is 5.56 Å². The fourth-order valence-electron chi connectivity index (χ4n) is 3.72. The summed E-state index contributed by atoms with van der Waals surface area (Å²) >= 11 is 3.23. The van der Waals surface area contributed by atoms with Crippen molar-refractivity contribution in [1.82, 2.24) is 14.0 Å². The highest BCUT2D eigenvalue weighted by molar-refractivity contribution is 9.10. The number of hydrogen-bond donors (Lipinski definition) is 0. The lowest BCUT2D eigenvalue weighted by Crippen LogP contribution is -2.46. The number of rotatable bonds is 6. The molecule has 0 unspecified atom stereocenters. The number of amides is 1. The first kappa shape index (κ1) is 27.3. The third-order valence-electron chi connectivity index (χ3n) is 5.68. The van der Waals surface area contributed by atoms with Crippen molar-refractivity contribution in [3.05, 3.63) is 102 Å². The zero-order chi connectivity index (χ0) is 26.8. The molecule has 0 fully saturated rings. The average Bonchev–Trinajstić information content (AvgIpc) is 2.81. The van der Waals surface area contributed by atoms with Gasteiger partial charge in [-0.2, -0.15) is 0 Å². The second-order valence-corrected chi connectivity index (χ2v) is 10.2. The lowest BCUT2D eigenvalue weighted by molar-refractivity contribution is 0.0201. The molecule has 3 aromatic rings. The van der Waals surface area contributed by atoms with Gasteiger partial charge in [-0.25, -0.2) is 18.4 Å². The maximum absolute atomic E-state index is 14.3. The SMILES string of the molecule is Cc1c(Br)c(=O)n(C[C@@H](c2ccccc2)N(C)C(=O)OC(C)(C)C)c(=O)n1Cc1c(F)cccc1F. The topological polar surface area (TPSA) is 73.5 Å². The zero-order valence-corrected chi connectivity index (χ0v) is 22.3. The lowest BCUT2D eigenvalue weighted by atomic mass is 10.1. The van der Waals surface area contributed by atoms with Crippen LogP contribution in [0.3, 0.4) is 0 Å². The number of benzene rings is 2. The van der Waals surface area contributed by atoms with Crippen LogP contribution in [0.15, 0.2) is 62.6 Å². The Balaban J connectivity index is 2.12. The molecular formula is C26H28BrF2N3O4. The highest BCUT2D eigenvalue weighted by Gasteiger charge is 2.29. The second-order valence-electron chi connectivity index (χ2n) is 9.40. The van der Waals surface area contributed by atoms with E-state index in [2.05, 4.69) is 15.9 Å². The monoisotopic (exact) mass is 563 g/mol. The summed E-state index contributed by atoms with van der Waals surface area (Å²) in [7, 11) is 1.52. The molecule has 0 aliphatic heterocycles. The summed E-state index contributed by atoms with van der Waals surface area (Å²) in [6.07, 6.45) is -0.635. The molecule has 36 heavy (non-hydrogen) atoms. The van der Waals surface area contributed by atoms with Crippen molar-refractivity contribution >= 4 is 22.0 Å². The van der Waals surface area contributed by atoms with E-state index in [1.54, 1.807) is 51.1 Å². The maximum atomic E-state index is 14.3. The molecule has 0 spiro atoms. The second kappa shape index (κ2) is 10.8. The van der Waals surface area contributed by atoms with Crippen molar-refractivity contribution in [3.8, 4) is 0 Å². The number of hydrogen-bond acceptors (Lipinski definition) is 4. The molecule has 0 bridgehead atoms. The highest BCUT2D eigenvalue weighted by atomic mass is 79.9. The van der Waals surface area contributed by atoms with Gasteiger partial charge in [0, 0.05) is 18.3 Å². The molecule has 1 amide bonds. The average molecular weight is 564 g/mol. The van der Waals surface area contributed by atoms with Gasteiger partial charge in [-0.15, -0.1) is 0 Å². The van der Waals surface area contributed by atoms with E-state index in [1.807, 2.05) is 0 Å². The van der Waals surface area contributed by atoms with Crippen LogP contribution in [0.4, 0.5) is 13.6 Å². The molecule has 192 valence electrons. The Hall–Kier alpha value is -3.27. The normalized spacial score (nSPS) is 12.3. The number of ether oxygens (including phenoxy) is 1. The highest BCUT2D eigenvalue weighted by Crippen LogP contribution is 2.24. The van der Waals surface area contributed by atoms with Crippen molar-refractivity contribution in [3.63, 3.8) is 0 Å². The molecule has 0 radical (unpaired) electrons. The summed E-state index contributed by atoms with van der Waals surface area (Å²) < 4.78 is 36.3. The van der Waals surface area contributed by atoms with Crippen LogP contribution in [-0.2, 0) is 17.8 Å². The Labute approximate surface area is 216 Å². The van der Waals surface area contributed by atoms with Gasteiger partial charge in [0.15, 0.2) is 0 Å². The molecule has 3 rings (SSSR count). The minimum absolute atomic E-state index is 0.0746. The Bertz CT molecular complexity index is 1360.